The first-order chi connectivity index (χ1) is 8.70. The van der Waals surface area contributed by atoms with Crippen molar-refractivity contribution in [2.45, 2.75) is 31.8 Å². The second-order valence-electron chi connectivity index (χ2n) is 4.93. The zero-order valence-electron chi connectivity index (χ0n) is 10.8. The summed E-state index contributed by atoms with van der Waals surface area (Å²) in [5, 5.41) is 12.5. The minimum atomic E-state index is -0.203. The predicted molar refractivity (Wildman–Crippen MR) is 71.3 cm³/mol. The summed E-state index contributed by atoms with van der Waals surface area (Å²) in [7, 11) is 0. The summed E-state index contributed by atoms with van der Waals surface area (Å²) in [6, 6.07) is 7.38. The summed E-state index contributed by atoms with van der Waals surface area (Å²) in [5.74, 6) is -0.203. The summed E-state index contributed by atoms with van der Waals surface area (Å²) in [6.45, 7) is 4.20. The maximum atomic E-state index is 13.0. The molecule has 2 atom stereocenters. The highest BCUT2D eigenvalue weighted by molar-refractivity contribution is 5.47. The van der Waals surface area contributed by atoms with Gasteiger partial charge in [-0.15, -0.1) is 0 Å². The number of nitrogens with zero attached hydrogens (tertiary/aromatic N) is 1. The minimum Gasteiger partial charge on any atom is -0.396 e. The van der Waals surface area contributed by atoms with Gasteiger partial charge < -0.3 is 15.3 Å². The SMILES string of the molecule is CC1CCNC(CCO)CN1c1ccc(F)cc1. The topological polar surface area (TPSA) is 35.5 Å². The first-order valence-electron chi connectivity index (χ1n) is 6.57. The van der Waals surface area contributed by atoms with Gasteiger partial charge >= 0.3 is 0 Å². The van der Waals surface area contributed by atoms with E-state index in [1.807, 2.05) is 12.1 Å². The van der Waals surface area contributed by atoms with E-state index in [4.69, 9.17) is 5.11 Å². The van der Waals surface area contributed by atoms with Gasteiger partial charge in [0, 0.05) is 30.9 Å². The number of hydrogen-bond donors (Lipinski definition) is 2. The predicted octanol–water partition coefficient (Wildman–Crippen LogP) is 1.76. The van der Waals surface area contributed by atoms with Crippen molar-refractivity contribution >= 4 is 5.69 Å². The van der Waals surface area contributed by atoms with Crippen molar-refractivity contribution < 1.29 is 9.50 Å². The molecule has 1 fully saturated rings. The van der Waals surface area contributed by atoms with Gasteiger partial charge in [0.1, 0.15) is 5.82 Å². The van der Waals surface area contributed by atoms with E-state index >= 15 is 0 Å². The molecule has 0 saturated carbocycles. The van der Waals surface area contributed by atoms with E-state index < -0.39 is 0 Å². The highest BCUT2D eigenvalue weighted by atomic mass is 19.1. The van der Waals surface area contributed by atoms with Crippen molar-refractivity contribution in [1.82, 2.24) is 5.32 Å². The fourth-order valence-electron chi connectivity index (χ4n) is 2.48. The molecule has 0 radical (unpaired) electrons. The maximum Gasteiger partial charge on any atom is 0.123 e. The van der Waals surface area contributed by atoms with Crippen molar-refractivity contribution in [3.8, 4) is 0 Å². The quantitative estimate of drug-likeness (QED) is 0.860. The normalized spacial score (nSPS) is 24.9. The van der Waals surface area contributed by atoms with Crippen molar-refractivity contribution in [3.05, 3.63) is 30.1 Å². The average molecular weight is 252 g/mol. The molecule has 2 unspecified atom stereocenters. The van der Waals surface area contributed by atoms with Crippen LogP contribution in [0.4, 0.5) is 10.1 Å². The zero-order valence-corrected chi connectivity index (χ0v) is 10.8. The number of hydrogen-bond acceptors (Lipinski definition) is 3. The van der Waals surface area contributed by atoms with Gasteiger partial charge in [-0.25, -0.2) is 4.39 Å². The van der Waals surface area contributed by atoms with Crippen LogP contribution in [-0.4, -0.2) is 36.9 Å². The molecule has 2 rings (SSSR count). The lowest BCUT2D eigenvalue weighted by atomic mass is 10.1. The highest BCUT2D eigenvalue weighted by Gasteiger charge is 2.22. The third-order valence-corrected chi connectivity index (χ3v) is 3.58. The molecule has 2 N–H and O–H groups in total. The zero-order chi connectivity index (χ0) is 13.0. The number of benzene rings is 1. The molecule has 4 heteroatoms. The van der Waals surface area contributed by atoms with Crippen molar-refractivity contribution in [3.63, 3.8) is 0 Å². The molecule has 0 aliphatic carbocycles. The van der Waals surface area contributed by atoms with Crippen LogP contribution >= 0.6 is 0 Å². The molecule has 1 aliphatic rings. The van der Waals surface area contributed by atoms with Crippen molar-refractivity contribution in [2.75, 3.05) is 24.6 Å². The van der Waals surface area contributed by atoms with Gasteiger partial charge in [0.25, 0.3) is 0 Å². The van der Waals surface area contributed by atoms with Crippen molar-refractivity contribution in [1.29, 1.82) is 0 Å². The van der Waals surface area contributed by atoms with E-state index in [-0.39, 0.29) is 12.4 Å². The Labute approximate surface area is 108 Å². The Hall–Kier alpha value is -1.13. The Balaban J connectivity index is 2.14. The van der Waals surface area contributed by atoms with Crippen LogP contribution in [0.15, 0.2) is 24.3 Å². The molecule has 18 heavy (non-hydrogen) atoms. The van der Waals surface area contributed by atoms with Gasteiger partial charge in [-0.05, 0) is 50.6 Å². The molecule has 1 aromatic rings. The molecule has 3 nitrogen and oxygen atoms in total. The molecule has 1 aromatic carbocycles. The van der Waals surface area contributed by atoms with Crippen LogP contribution in [0.5, 0.6) is 0 Å². The first-order valence-corrected chi connectivity index (χ1v) is 6.57. The molecule has 0 aromatic heterocycles. The Morgan fingerprint density at radius 3 is 2.78 bits per heavy atom. The van der Waals surface area contributed by atoms with E-state index in [0.29, 0.717) is 12.1 Å². The molecule has 0 bridgehead atoms. The lowest BCUT2D eigenvalue weighted by molar-refractivity contribution is 0.267. The summed E-state index contributed by atoms with van der Waals surface area (Å²) in [4.78, 5) is 2.29. The number of aliphatic hydroxyl groups excluding tert-OH is 1. The number of anilines is 1. The second kappa shape index (κ2) is 6.16. The standard InChI is InChI=1S/C14H21FN2O/c1-11-6-8-16-13(7-9-18)10-17(11)14-4-2-12(15)3-5-14/h2-5,11,13,16,18H,6-10H2,1H3. The molecule has 0 amide bonds. The Morgan fingerprint density at radius 2 is 2.11 bits per heavy atom. The number of nitrogens with one attached hydrogen (secondary N) is 1. The smallest absolute Gasteiger partial charge is 0.123 e. The van der Waals surface area contributed by atoms with Crippen LogP contribution in [0.2, 0.25) is 0 Å². The summed E-state index contributed by atoms with van der Waals surface area (Å²) in [5.41, 5.74) is 1.05. The third-order valence-electron chi connectivity index (χ3n) is 3.58. The number of aliphatic hydroxyl groups is 1. The average Bonchev–Trinajstić information content (AvgIpc) is 2.53. The van der Waals surface area contributed by atoms with Crippen molar-refractivity contribution in [2.24, 2.45) is 0 Å². The molecule has 1 saturated heterocycles. The minimum absolute atomic E-state index is 0.198. The summed E-state index contributed by atoms with van der Waals surface area (Å²) >= 11 is 0. The van der Waals surface area contributed by atoms with E-state index in [9.17, 15) is 4.39 Å². The van der Waals surface area contributed by atoms with Crippen LogP contribution in [-0.2, 0) is 0 Å². The van der Waals surface area contributed by atoms with Gasteiger partial charge in [0.05, 0.1) is 0 Å². The fraction of sp³-hybridized carbons (Fsp3) is 0.571. The van der Waals surface area contributed by atoms with Gasteiger partial charge in [0.15, 0.2) is 0 Å². The van der Waals surface area contributed by atoms with E-state index in [1.165, 1.54) is 12.1 Å². The van der Waals surface area contributed by atoms with Gasteiger partial charge in [-0.2, -0.15) is 0 Å². The first kappa shape index (κ1) is 13.3. The van der Waals surface area contributed by atoms with E-state index in [2.05, 4.69) is 17.1 Å². The van der Waals surface area contributed by atoms with Gasteiger partial charge in [-0.1, -0.05) is 0 Å². The Kier molecular flexibility index (Phi) is 4.55. The maximum absolute atomic E-state index is 13.0. The largest absolute Gasteiger partial charge is 0.396 e. The Morgan fingerprint density at radius 1 is 1.39 bits per heavy atom. The van der Waals surface area contributed by atoms with E-state index in [0.717, 1.165) is 31.6 Å². The monoisotopic (exact) mass is 252 g/mol. The van der Waals surface area contributed by atoms with Crippen LogP contribution in [0.1, 0.15) is 19.8 Å². The second-order valence-corrected chi connectivity index (χ2v) is 4.93. The van der Waals surface area contributed by atoms with Gasteiger partial charge in [-0.3, -0.25) is 0 Å². The van der Waals surface area contributed by atoms with Gasteiger partial charge in [0.2, 0.25) is 0 Å². The molecular formula is C14H21FN2O. The lowest BCUT2D eigenvalue weighted by Crippen LogP contribution is -2.40. The third kappa shape index (κ3) is 3.21. The summed E-state index contributed by atoms with van der Waals surface area (Å²) in [6.07, 6.45) is 1.81. The summed E-state index contributed by atoms with van der Waals surface area (Å²) < 4.78 is 13.0. The molecular weight excluding hydrogens is 231 g/mol. The van der Waals surface area contributed by atoms with Crippen LogP contribution in [0, 0.1) is 5.82 Å². The molecule has 0 spiro atoms. The number of halogens is 1. The molecule has 1 aliphatic heterocycles. The van der Waals surface area contributed by atoms with Crippen LogP contribution < -0.4 is 10.2 Å². The number of rotatable bonds is 3. The molecule has 100 valence electrons. The fourth-order valence-corrected chi connectivity index (χ4v) is 2.48. The molecule has 1 heterocycles. The Bertz CT molecular complexity index is 369. The van der Waals surface area contributed by atoms with Crippen LogP contribution in [0.3, 0.4) is 0 Å². The van der Waals surface area contributed by atoms with E-state index in [1.54, 1.807) is 0 Å². The lowest BCUT2D eigenvalue weighted by Gasteiger charge is -2.31. The van der Waals surface area contributed by atoms with Crippen LogP contribution in [0.25, 0.3) is 0 Å². The highest BCUT2D eigenvalue weighted by Crippen LogP contribution is 2.21.